The van der Waals surface area contributed by atoms with E-state index in [0.29, 0.717) is 35.2 Å². The summed E-state index contributed by atoms with van der Waals surface area (Å²) in [5.74, 6) is 1.38. The summed E-state index contributed by atoms with van der Waals surface area (Å²) in [5, 5.41) is 5.43. The predicted molar refractivity (Wildman–Crippen MR) is 126 cm³/mol. The zero-order chi connectivity index (χ0) is 23.4. The SMILES string of the molecule is COc1cccc2c1nc(N)n1nc(CC3OC3N3CCN(c4ccc(F)cc4)CC3C)nc21. The number of hydrogen-bond donors (Lipinski definition) is 1. The highest BCUT2D eigenvalue weighted by molar-refractivity contribution is 5.95. The van der Waals surface area contributed by atoms with Gasteiger partial charge in [-0.2, -0.15) is 4.52 Å². The van der Waals surface area contributed by atoms with Gasteiger partial charge in [0.15, 0.2) is 11.5 Å². The molecular formula is C24H26FN7O2. The Morgan fingerprint density at radius 3 is 2.74 bits per heavy atom. The van der Waals surface area contributed by atoms with Gasteiger partial charge in [-0.15, -0.1) is 5.10 Å². The molecule has 6 rings (SSSR count). The molecule has 4 heterocycles. The van der Waals surface area contributed by atoms with Gasteiger partial charge in [0.2, 0.25) is 5.95 Å². The number of aromatic nitrogens is 4. The lowest BCUT2D eigenvalue weighted by Crippen LogP contribution is -2.53. The third-order valence-corrected chi connectivity index (χ3v) is 6.69. The summed E-state index contributed by atoms with van der Waals surface area (Å²) < 4.78 is 26.3. The van der Waals surface area contributed by atoms with E-state index in [1.807, 2.05) is 30.3 Å². The van der Waals surface area contributed by atoms with Crippen LogP contribution in [-0.2, 0) is 11.2 Å². The van der Waals surface area contributed by atoms with E-state index >= 15 is 0 Å². The van der Waals surface area contributed by atoms with Crippen LogP contribution in [0.4, 0.5) is 16.0 Å². The van der Waals surface area contributed by atoms with Gasteiger partial charge in [-0.25, -0.2) is 14.4 Å². The molecule has 4 aromatic rings. The van der Waals surface area contributed by atoms with E-state index in [1.54, 1.807) is 11.6 Å². The van der Waals surface area contributed by atoms with Crippen LogP contribution in [0, 0.1) is 5.82 Å². The molecule has 9 nitrogen and oxygen atoms in total. The molecule has 176 valence electrons. The van der Waals surface area contributed by atoms with Crippen LogP contribution < -0.4 is 15.4 Å². The van der Waals surface area contributed by atoms with Gasteiger partial charge in [0.1, 0.15) is 29.4 Å². The van der Waals surface area contributed by atoms with Crippen molar-refractivity contribution in [1.82, 2.24) is 24.5 Å². The molecule has 2 saturated heterocycles. The van der Waals surface area contributed by atoms with Gasteiger partial charge in [0.25, 0.3) is 0 Å². The molecule has 10 heteroatoms. The summed E-state index contributed by atoms with van der Waals surface area (Å²) in [6.07, 6.45) is 0.679. The zero-order valence-electron chi connectivity index (χ0n) is 19.1. The van der Waals surface area contributed by atoms with Gasteiger partial charge in [-0.3, -0.25) is 4.90 Å². The minimum atomic E-state index is -0.213. The van der Waals surface area contributed by atoms with Gasteiger partial charge in [0, 0.05) is 43.2 Å². The maximum Gasteiger partial charge on any atom is 0.223 e. The van der Waals surface area contributed by atoms with Crippen molar-refractivity contribution < 1.29 is 13.9 Å². The van der Waals surface area contributed by atoms with E-state index in [-0.39, 0.29) is 24.1 Å². The fourth-order valence-electron chi connectivity index (χ4n) is 4.91. The molecule has 2 N–H and O–H groups in total. The van der Waals surface area contributed by atoms with Crippen LogP contribution in [0.2, 0.25) is 0 Å². The summed E-state index contributed by atoms with van der Waals surface area (Å²) in [5.41, 5.74) is 8.54. The molecule has 2 aromatic carbocycles. The van der Waals surface area contributed by atoms with Crippen LogP contribution in [-0.4, -0.2) is 69.6 Å². The molecule has 34 heavy (non-hydrogen) atoms. The normalized spacial score (nSPS) is 23.0. The van der Waals surface area contributed by atoms with Gasteiger partial charge < -0.3 is 20.1 Å². The lowest BCUT2D eigenvalue weighted by atomic mass is 10.1. The van der Waals surface area contributed by atoms with E-state index in [9.17, 15) is 4.39 Å². The Balaban J connectivity index is 1.16. The number of anilines is 2. The number of nitrogens with zero attached hydrogens (tertiary/aromatic N) is 6. The number of hydrogen-bond acceptors (Lipinski definition) is 8. The Morgan fingerprint density at radius 1 is 1.15 bits per heavy atom. The second kappa shape index (κ2) is 8.07. The number of ether oxygens (including phenoxy) is 2. The molecule has 0 aliphatic carbocycles. The van der Waals surface area contributed by atoms with Crippen LogP contribution in [0.5, 0.6) is 5.75 Å². The number of methoxy groups -OCH3 is 1. The number of fused-ring (bicyclic) bond motifs is 3. The molecule has 2 aliphatic heterocycles. The fourth-order valence-corrected chi connectivity index (χ4v) is 4.91. The Labute approximate surface area is 195 Å². The number of halogens is 1. The first-order valence-electron chi connectivity index (χ1n) is 11.4. The molecule has 2 fully saturated rings. The predicted octanol–water partition coefficient (Wildman–Crippen LogP) is 2.49. The summed E-state index contributed by atoms with van der Waals surface area (Å²) in [4.78, 5) is 13.9. The maximum absolute atomic E-state index is 13.3. The molecular weight excluding hydrogens is 437 g/mol. The van der Waals surface area contributed by atoms with Crippen molar-refractivity contribution in [2.24, 2.45) is 0 Å². The summed E-state index contributed by atoms with van der Waals surface area (Å²) in [7, 11) is 1.61. The van der Waals surface area contributed by atoms with Gasteiger partial charge in [-0.05, 0) is 43.3 Å². The maximum atomic E-state index is 13.3. The average molecular weight is 464 g/mol. The van der Waals surface area contributed by atoms with Gasteiger partial charge >= 0.3 is 0 Å². The van der Waals surface area contributed by atoms with Crippen molar-refractivity contribution in [3.8, 4) is 5.75 Å². The Hall–Kier alpha value is -3.50. The van der Waals surface area contributed by atoms with E-state index in [2.05, 4.69) is 26.8 Å². The second-order valence-electron chi connectivity index (χ2n) is 8.87. The zero-order valence-corrected chi connectivity index (χ0v) is 19.1. The number of nitrogens with two attached hydrogens (primary N) is 1. The number of piperazine rings is 1. The van der Waals surface area contributed by atoms with Crippen molar-refractivity contribution in [2.45, 2.75) is 31.7 Å². The minimum Gasteiger partial charge on any atom is -0.494 e. The number of para-hydroxylation sites is 1. The number of epoxide rings is 1. The molecule has 2 aromatic heterocycles. The lowest BCUT2D eigenvalue weighted by Gasteiger charge is -2.40. The van der Waals surface area contributed by atoms with Crippen LogP contribution in [0.25, 0.3) is 16.6 Å². The molecule has 3 atom stereocenters. The van der Waals surface area contributed by atoms with Crippen molar-refractivity contribution in [3.05, 3.63) is 54.1 Å². The van der Waals surface area contributed by atoms with E-state index in [1.165, 1.54) is 12.1 Å². The standard InChI is InChI=1S/C24H26FN7O2/c1-14-13-30(16-8-6-15(25)7-9-16)10-11-31(14)23-19(34-23)12-20-27-22-17-4-3-5-18(33-2)21(17)28-24(26)32(22)29-20/h3-9,14,19,23H,10-13H2,1-2H3,(H2,26,28). The monoisotopic (exact) mass is 463 g/mol. The highest BCUT2D eigenvalue weighted by Crippen LogP contribution is 2.33. The van der Waals surface area contributed by atoms with Crippen LogP contribution in [0.15, 0.2) is 42.5 Å². The van der Waals surface area contributed by atoms with Gasteiger partial charge in [0.05, 0.1) is 7.11 Å². The Morgan fingerprint density at radius 2 is 1.97 bits per heavy atom. The summed E-state index contributed by atoms with van der Waals surface area (Å²) in [6, 6.07) is 12.7. The molecule has 2 aliphatic rings. The van der Waals surface area contributed by atoms with Crippen LogP contribution in [0.3, 0.4) is 0 Å². The van der Waals surface area contributed by atoms with Crippen LogP contribution in [0.1, 0.15) is 12.7 Å². The lowest BCUT2D eigenvalue weighted by molar-refractivity contribution is 0.119. The quantitative estimate of drug-likeness (QED) is 0.451. The highest BCUT2D eigenvalue weighted by atomic mass is 19.1. The van der Waals surface area contributed by atoms with Gasteiger partial charge in [-0.1, -0.05) is 6.07 Å². The first kappa shape index (κ1) is 21.1. The first-order chi connectivity index (χ1) is 16.5. The Bertz CT molecular complexity index is 1360. The molecule has 0 saturated carbocycles. The van der Waals surface area contributed by atoms with Crippen molar-refractivity contribution >= 4 is 28.2 Å². The number of nitrogen functional groups attached to an aromatic ring is 1. The third kappa shape index (κ3) is 3.59. The van der Waals surface area contributed by atoms with Crippen LogP contribution >= 0.6 is 0 Å². The van der Waals surface area contributed by atoms with E-state index in [4.69, 9.17) is 20.2 Å². The number of benzene rings is 2. The van der Waals surface area contributed by atoms with E-state index < -0.39 is 0 Å². The molecule has 0 radical (unpaired) electrons. The summed E-state index contributed by atoms with van der Waals surface area (Å²) in [6.45, 7) is 4.80. The molecule has 0 bridgehead atoms. The summed E-state index contributed by atoms with van der Waals surface area (Å²) >= 11 is 0. The smallest absolute Gasteiger partial charge is 0.223 e. The van der Waals surface area contributed by atoms with Crippen molar-refractivity contribution in [1.29, 1.82) is 0 Å². The van der Waals surface area contributed by atoms with Crippen molar-refractivity contribution in [3.63, 3.8) is 0 Å². The fraction of sp³-hybridized carbons (Fsp3) is 0.375. The largest absolute Gasteiger partial charge is 0.494 e. The highest BCUT2D eigenvalue weighted by Gasteiger charge is 2.47. The first-order valence-corrected chi connectivity index (χ1v) is 11.4. The van der Waals surface area contributed by atoms with E-state index in [0.717, 1.165) is 30.7 Å². The molecule has 0 spiro atoms. The Kier molecular flexibility index (Phi) is 5.00. The second-order valence-corrected chi connectivity index (χ2v) is 8.87. The molecule has 3 unspecified atom stereocenters. The topological polar surface area (TPSA) is 97.3 Å². The molecule has 0 amide bonds. The minimum absolute atomic E-state index is 0.0345. The average Bonchev–Trinajstić information content (AvgIpc) is 3.45. The van der Waals surface area contributed by atoms with Crippen molar-refractivity contribution in [2.75, 3.05) is 37.4 Å². The number of rotatable bonds is 5. The third-order valence-electron chi connectivity index (χ3n) is 6.69.